The Bertz CT molecular complexity index is 496. The molecule has 1 aromatic heterocycles. The molecule has 2 rings (SSSR count). The fourth-order valence-electron chi connectivity index (χ4n) is 2.19. The number of hydrogen-bond acceptors (Lipinski definition) is 3. The second kappa shape index (κ2) is 4.92. The monoisotopic (exact) mass is 274 g/mol. The molecule has 0 bridgehead atoms. The second-order valence-electron chi connectivity index (χ2n) is 4.35. The van der Waals surface area contributed by atoms with Crippen LogP contribution in [-0.4, -0.2) is 37.1 Å². The maximum Gasteiger partial charge on any atom is 0.211 e. The average molecular weight is 275 g/mol. The van der Waals surface area contributed by atoms with E-state index in [4.69, 9.17) is 11.6 Å². The van der Waals surface area contributed by atoms with Crippen LogP contribution < -0.4 is 0 Å². The zero-order chi connectivity index (χ0) is 12.5. The summed E-state index contributed by atoms with van der Waals surface area (Å²) in [5.41, 5.74) is 1.15. The Kier molecular flexibility index (Phi) is 3.70. The SMILES string of the molecule is CS(=O)(=O)N1CCC(c2ccnc(Cl)c2)CC1. The van der Waals surface area contributed by atoms with Crippen LogP contribution in [0, 0.1) is 0 Å². The summed E-state index contributed by atoms with van der Waals surface area (Å²) in [5, 5.41) is 0.494. The molecule has 1 fully saturated rings. The van der Waals surface area contributed by atoms with Crippen molar-refractivity contribution < 1.29 is 8.42 Å². The molecule has 0 atom stereocenters. The van der Waals surface area contributed by atoms with Crippen molar-refractivity contribution in [2.75, 3.05) is 19.3 Å². The molecule has 1 saturated heterocycles. The summed E-state index contributed by atoms with van der Waals surface area (Å²) < 4.78 is 24.3. The number of halogens is 1. The summed E-state index contributed by atoms with van der Waals surface area (Å²) in [4.78, 5) is 3.95. The van der Waals surface area contributed by atoms with Gasteiger partial charge in [-0.2, -0.15) is 0 Å². The number of nitrogens with zero attached hydrogens (tertiary/aromatic N) is 2. The Labute approximate surface area is 107 Å². The minimum atomic E-state index is -3.04. The molecule has 4 nitrogen and oxygen atoms in total. The van der Waals surface area contributed by atoms with E-state index in [-0.39, 0.29) is 0 Å². The van der Waals surface area contributed by atoms with Crippen LogP contribution in [0.4, 0.5) is 0 Å². The summed E-state index contributed by atoms with van der Waals surface area (Å²) in [7, 11) is -3.04. The first-order valence-corrected chi connectivity index (χ1v) is 7.76. The van der Waals surface area contributed by atoms with Gasteiger partial charge in [-0.15, -0.1) is 0 Å². The third kappa shape index (κ3) is 3.18. The molecule has 0 saturated carbocycles. The predicted octanol–water partition coefficient (Wildman–Crippen LogP) is 1.87. The highest BCUT2D eigenvalue weighted by atomic mass is 35.5. The third-order valence-corrected chi connectivity index (χ3v) is 4.65. The van der Waals surface area contributed by atoms with Gasteiger partial charge in [0, 0.05) is 19.3 Å². The fourth-order valence-corrected chi connectivity index (χ4v) is 3.25. The number of aromatic nitrogens is 1. The third-order valence-electron chi connectivity index (χ3n) is 3.14. The van der Waals surface area contributed by atoms with E-state index in [0.717, 1.165) is 18.4 Å². The molecule has 0 amide bonds. The summed E-state index contributed by atoms with van der Waals surface area (Å²) in [6.07, 6.45) is 4.64. The Hall–Kier alpha value is -0.650. The van der Waals surface area contributed by atoms with Crippen molar-refractivity contribution in [2.24, 2.45) is 0 Å². The second-order valence-corrected chi connectivity index (χ2v) is 6.72. The molecule has 0 aromatic carbocycles. The summed E-state index contributed by atoms with van der Waals surface area (Å²) >= 11 is 5.85. The molecule has 0 spiro atoms. The first kappa shape index (κ1) is 12.8. The van der Waals surface area contributed by atoms with Crippen LogP contribution in [0.1, 0.15) is 24.3 Å². The zero-order valence-electron chi connectivity index (χ0n) is 9.63. The van der Waals surface area contributed by atoms with Crippen LogP contribution in [0.25, 0.3) is 0 Å². The highest BCUT2D eigenvalue weighted by molar-refractivity contribution is 7.88. The Morgan fingerprint density at radius 1 is 1.41 bits per heavy atom. The zero-order valence-corrected chi connectivity index (χ0v) is 11.2. The van der Waals surface area contributed by atoms with Gasteiger partial charge in [-0.1, -0.05) is 11.6 Å². The number of hydrogen-bond donors (Lipinski definition) is 0. The van der Waals surface area contributed by atoms with Gasteiger partial charge in [0.25, 0.3) is 0 Å². The molecular weight excluding hydrogens is 260 g/mol. The van der Waals surface area contributed by atoms with E-state index in [2.05, 4.69) is 4.98 Å². The highest BCUT2D eigenvalue weighted by Crippen LogP contribution is 2.29. The molecule has 1 aliphatic rings. The Morgan fingerprint density at radius 2 is 2.06 bits per heavy atom. The minimum absolute atomic E-state index is 0.383. The normalized spacial score (nSPS) is 19.4. The lowest BCUT2D eigenvalue weighted by Crippen LogP contribution is -2.37. The van der Waals surface area contributed by atoms with E-state index in [0.29, 0.717) is 24.2 Å². The maximum atomic E-state index is 11.4. The lowest BCUT2D eigenvalue weighted by atomic mass is 9.91. The molecule has 0 radical (unpaired) electrons. The van der Waals surface area contributed by atoms with Crippen LogP contribution >= 0.6 is 11.6 Å². The molecular formula is C11H15ClN2O2S. The molecule has 6 heteroatoms. The van der Waals surface area contributed by atoms with Crippen molar-refractivity contribution in [2.45, 2.75) is 18.8 Å². The van der Waals surface area contributed by atoms with Crippen LogP contribution in [0.2, 0.25) is 5.15 Å². The van der Waals surface area contributed by atoms with Crippen LogP contribution in [0.5, 0.6) is 0 Å². The van der Waals surface area contributed by atoms with Crippen LogP contribution in [-0.2, 0) is 10.0 Å². The van der Waals surface area contributed by atoms with Crippen molar-refractivity contribution in [1.82, 2.24) is 9.29 Å². The van der Waals surface area contributed by atoms with Gasteiger partial charge in [-0.25, -0.2) is 17.7 Å². The first-order chi connectivity index (χ1) is 7.97. The fraction of sp³-hybridized carbons (Fsp3) is 0.545. The van der Waals surface area contributed by atoms with E-state index in [1.807, 2.05) is 12.1 Å². The van der Waals surface area contributed by atoms with E-state index in [1.165, 1.54) is 10.6 Å². The van der Waals surface area contributed by atoms with E-state index in [9.17, 15) is 8.42 Å². The summed E-state index contributed by atoms with van der Waals surface area (Å²) in [6, 6.07) is 3.81. The summed E-state index contributed by atoms with van der Waals surface area (Å²) in [5.74, 6) is 0.383. The molecule has 17 heavy (non-hydrogen) atoms. The van der Waals surface area contributed by atoms with Crippen molar-refractivity contribution >= 4 is 21.6 Å². The smallest absolute Gasteiger partial charge is 0.211 e. The maximum absolute atomic E-state index is 11.4. The first-order valence-electron chi connectivity index (χ1n) is 5.53. The van der Waals surface area contributed by atoms with Crippen LogP contribution in [0.15, 0.2) is 18.3 Å². The molecule has 1 aliphatic heterocycles. The van der Waals surface area contributed by atoms with E-state index >= 15 is 0 Å². The standard InChI is InChI=1S/C11H15ClN2O2S/c1-17(15,16)14-6-3-9(4-7-14)10-2-5-13-11(12)8-10/h2,5,8-9H,3-4,6-7H2,1H3. The van der Waals surface area contributed by atoms with Crippen molar-refractivity contribution in [3.63, 3.8) is 0 Å². The number of rotatable bonds is 2. The molecule has 0 N–H and O–H groups in total. The summed E-state index contributed by atoms with van der Waals surface area (Å²) in [6.45, 7) is 1.17. The van der Waals surface area contributed by atoms with Gasteiger partial charge in [0.15, 0.2) is 0 Å². The molecule has 2 heterocycles. The molecule has 94 valence electrons. The lowest BCUT2D eigenvalue weighted by Gasteiger charge is -2.30. The highest BCUT2D eigenvalue weighted by Gasteiger charge is 2.25. The molecule has 0 aliphatic carbocycles. The topological polar surface area (TPSA) is 50.3 Å². The van der Waals surface area contributed by atoms with E-state index in [1.54, 1.807) is 6.20 Å². The lowest BCUT2D eigenvalue weighted by molar-refractivity contribution is 0.321. The predicted molar refractivity (Wildman–Crippen MR) is 67.6 cm³/mol. The largest absolute Gasteiger partial charge is 0.245 e. The van der Waals surface area contributed by atoms with Gasteiger partial charge in [-0.3, -0.25) is 0 Å². The number of piperidine rings is 1. The minimum Gasteiger partial charge on any atom is -0.245 e. The van der Waals surface area contributed by atoms with Gasteiger partial charge >= 0.3 is 0 Å². The van der Waals surface area contributed by atoms with Crippen molar-refractivity contribution in [3.05, 3.63) is 29.0 Å². The average Bonchev–Trinajstić information content (AvgIpc) is 2.28. The number of sulfonamides is 1. The van der Waals surface area contributed by atoms with Gasteiger partial charge in [0.1, 0.15) is 5.15 Å². The van der Waals surface area contributed by atoms with Gasteiger partial charge in [0.2, 0.25) is 10.0 Å². The number of pyridine rings is 1. The Balaban J connectivity index is 2.05. The van der Waals surface area contributed by atoms with Gasteiger partial charge in [-0.05, 0) is 36.5 Å². The van der Waals surface area contributed by atoms with E-state index < -0.39 is 10.0 Å². The van der Waals surface area contributed by atoms with Crippen LogP contribution in [0.3, 0.4) is 0 Å². The van der Waals surface area contributed by atoms with Gasteiger partial charge in [0.05, 0.1) is 6.26 Å². The molecule has 1 aromatic rings. The Morgan fingerprint density at radius 3 is 2.59 bits per heavy atom. The quantitative estimate of drug-likeness (QED) is 0.774. The van der Waals surface area contributed by atoms with Crippen molar-refractivity contribution in [3.8, 4) is 0 Å². The van der Waals surface area contributed by atoms with Gasteiger partial charge < -0.3 is 0 Å². The molecule has 0 unspecified atom stereocenters. The van der Waals surface area contributed by atoms with Crippen molar-refractivity contribution in [1.29, 1.82) is 0 Å².